The quantitative estimate of drug-likeness (QED) is 0.608. The van der Waals surface area contributed by atoms with Gasteiger partial charge in [0.25, 0.3) is 5.91 Å². The molecule has 1 aliphatic heterocycles. The van der Waals surface area contributed by atoms with Crippen LogP contribution in [0.25, 0.3) is 0 Å². The maximum atomic E-state index is 12.4. The molecule has 0 aromatic heterocycles. The first-order valence-corrected chi connectivity index (χ1v) is 10.6. The van der Waals surface area contributed by atoms with E-state index >= 15 is 0 Å². The third-order valence-corrected chi connectivity index (χ3v) is 5.13. The van der Waals surface area contributed by atoms with Crippen molar-refractivity contribution in [2.75, 3.05) is 30.0 Å². The fourth-order valence-corrected chi connectivity index (χ4v) is 3.36. The topological polar surface area (TPSA) is 102 Å². The van der Waals surface area contributed by atoms with E-state index in [1.165, 1.54) is 4.90 Å². The van der Waals surface area contributed by atoms with E-state index in [0.29, 0.717) is 28.6 Å². The zero-order chi connectivity index (χ0) is 23.1. The first-order valence-electron chi connectivity index (χ1n) is 10.2. The van der Waals surface area contributed by atoms with Gasteiger partial charge in [-0.1, -0.05) is 30.7 Å². The van der Waals surface area contributed by atoms with Crippen LogP contribution >= 0.6 is 11.6 Å². The molecular formula is C23H23ClN2O6. The van der Waals surface area contributed by atoms with Crippen molar-refractivity contribution < 1.29 is 28.7 Å². The number of anilines is 2. The Hall–Kier alpha value is -3.39. The van der Waals surface area contributed by atoms with Crippen LogP contribution < -0.4 is 10.2 Å². The maximum absolute atomic E-state index is 12.4. The van der Waals surface area contributed by atoms with Gasteiger partial charge in [0, 0.05) is 18.7 Å². The highest BCUT2D eigenvalue weighted by Gasteiger charge is 2.36. The maximum Gasteiger partial charge on any atom is 0.338 e. The number of halogens is 1. The molecule has 8 nitrogen and oxygen atoms in total. The first kappa shape index (κ1) is 23.3. The Morgan fingerprint density at radius 1 is 1.09 bits per heavy atom. The summed E-state index contributed by atoms with van der Waals surface area (Å²) in [5, 5.41) is 2.93. The molecule has 3 rings (SSSR count). The standard InChI is InChI=1S/C23H23ClN2O6/c1-2-11-31-22(29)15-7-9-17(10-8-15)26-13-16(12-21(26)28)23(30)32-14-20(27)25-19-6-4-3-5-18(19)24/h3-10,16H,2,11-14H2,1H3,(H,25,27)/t16-/m1/s1. The van der Waals surface area contributed by atoms with Crippen LogP contribution in [0.3, 0.4) is 0 Å². The van der Waals surface area contributed by atoms with Crippen LogP contribution in [0.5, 0.6) is 0 Å². The minimum atomic E-state index is -0.690. The number of nitrogens with zero attached hydrogens (tertiary/aromatic N) is 1. The lowest BCUT2D eigenvalue weighted by molar-refractivity contribution is -0.151. The fraction of sp³-hybridized carbons (Fsp3) is 0.304. The van der Waals surface area contributed by atoms with Gasteiger partial charge in [-0.3, -0.25) is 14.4 Å². The predicted molar refractivity (Wildman–Crippen MR) is 119 cm³/mol. The summed E-state index contributed by atoms with van der Waals surface area (Å²) in [6.07, 6.45) is 0.705. The van der Waals surface area contributed by atoms with Gasteiger partial charge < -0.3 is 19.7 Å². The van der Waals surface area contributed by atoms with Gasteiger partial charge in [0.15, 0.2) is 6.61 Å². The third-order valence-electron chi connectivity index (χ3n) is 4.80. The van der Waals surface area contributed by atoms with E-state index in [4.69, 9.17) is 21.1 Å². The van der Waals surface area contributed by atoms with E-state index in [1.807, 2.05) is 6.92 Å². The Kier molecular flexibility index (Phi) is 7.83. The summed E-state index contributed by atoms with van der Waals surface area (Å²) in [4.78, 5) is 50.1. The van der Waals surface area contributed by atoms with E-state index in [2.05, 4.69) is 5.32 Å². The Bertz CT molecular complexity index is 1010. The van der Waals surface area contributed by atoms with Crippen LogP contribution in [0.4, 0.5) is 11.4 Å². The molecule has 2 aromatic carbocycles. The monoisotopic (exact) mass is 458 g/mol. The molecule has 0 bridgehead atoms. The van der Waals surface area contributed by atoms with Gasteiger partial charge in [-0.05, 0) is 42.8 Å². The number of para-hydroxylation sites is 1. The number of carbonyl (C=O) groups is 4. The second kappa shape index (κ2) is 10.8. The summed E-state index contributed by atoms with van der Waals surface area (Å²) in [6, 6.07) is 13.1. The molecule has 0 aliphatic carbocycles. The Balaban J connectivity index is 1.52. The molecule has 1 heterocycles. The van der Waals surface area contributed by atoms with E-state index < -0.39 is 30.4 Å². The molecule has 1 saturated heterocycles. The molecule has 32 heavy (non-hydrogen) atoms. The molecule has 0 unspecified atom stereocenters. The van der Waals surface area contributed by atoms with Crippen molar-refractivity contribution in [3.05, 3.63) is 59.1 Å². The van der Waals surface area contributed by atoms with Crippen molar-refractivity contribution in [3.8, 4) is 0 Å². The van der Waals surface area contributed by atoms with Gasteiger partial charge in [-0.15, -0.1) is 0 Å². The van der Waals surface area contributed by atoms with Crippen molar-refractivity contribution in [2.45, 2.75) is 19.8 Å². The molecule has 1 fully saturated rings. The number of nitrogens with one attached hydrogen (secondary N) is 1. The second-order valence-electron chi connectivity index (χ2n) is 7.22. The van der Waals surface area contributed by atoms with Crippen LogP contribution in [-0.4, -0.2) is 43.5 Å². The van der Waals surface area contributed by atoms with Gasteiger partial charge in [0.05, 0.1) is 28.8 Å². The van der Waals surface area contributed by atoms with Crippen molar-refractivity contribution >= 4 is 46.7 Å². The van der Waals surface area contributed by atoms with Crippen LogP contribution in [0, 0.1) is 5.92 Å². The molecule has 0 saturated carbocycles. The number of hydrogen-bond acceptors (Lipinski definition) is 6. The van der Waals surface area contributed by atoms with Gasteiger partial charge in [0.1, 0.15) is 0 Å². The summed E-state index contributed by atoms with van der Waals surface area (Å²) >= 11 is 5.98. The van der Waals surface area contributed by atoms with Crippen molar-refractivity contribution in [1.29, 1.82) is 0 Å². The molecule has 168 valence electrons. The van der Waals surface area contributed by atoms with Gasteiger partial charge in [-0.2, -0.15) is 0 Å². The summed E-state index contributed by atoms with van der Waals surface area (Å²) in [7, 11) is 0. The fourth-order valence-electron chi connectivity index (χ4n) is 3.17. The van der Waals surface area contributed by atoms with Crippen LogP contribution in [0.2, 0.25) is 5.02 Å². The molecule has 1 N–H and O–H groups in total. The molecular weight excluding hydrogens is 436 g/mol. The van der Waals surface area contributed by atoms with Crippen molar-refractivity contribution in [3.63, 3.8) is 0 Å². The van der Waals surface area contributed by atoms with E-state index in [0.717, 1.165) is 6.42 Å². The van der Waals surface area contributed by atoms with Gasteiger partial charge in [-0.25, -0.2) is 4.79 Å². The smallest absolute Gasteiger partial charge is 0.338 e. The number of rotatable bonds is 8. The predicted octanol–water partition coefficient (Wildman–Crippen LogP) is 3.44. The zero-order valence-corrected chi connectivity index (χ0v) is 18.3. The van der Waals surface area contributed by atoms with Gasteiger partial charge in [0.2, 0.25) is 5.91 Å². The normalized spacial score (nSPS) is 15.4. The largest absolute Gasteiger partial charge is 0.462 e. The molecule has 0 radical (unpaired) electrons. The van der Waals surface area contributed by atoms with E-state index in [-0.39, 0.29) is 18.9 Å². The molecule has 9 heteroatoms. The van der Waals surface area contributed by atoms with Crippen LogP contribution in [0.15, 0.2) is 48.5 Å². The van der Waals surface area contributed by atoms with E-state index in [9.17, 15) is 19.2 Å². The lowest BCUT2D eigenvalue weighted by Crippen LogP contribution is -2.28. The number of carbonyl (C=O) groups excluding carboxylic acids is 4. The van der Waals surface area contributed by atoms with Crippen LogP contribution in [-0.2, 0) is 23.9 Å². The minimum Gasteiger partial charge on any atom is -0.462 e. The van der Waals surface area contributed by atoms with Crippen LogP contribution in [0.1, 0.15) is 30.1 Å². The SMILES string of the molecule is CCCOC(=O)c1ccc(N2C[C@H](C(=O)OCC(=O)Nc3ccccc3Cl)CC2=O)cc1. The summed E-state index contributed by atoms with van der Waals surface area (Å²) in [5.41, 5.74) is 1.36. The second-order valence-corrected chi connectivity index (χ2v) is 7.63. The van der Waals surface area contributed by atoms with Crippen molar-refractivity contribution in [2.24, 2.45) is 5.92 Å². The number of esters is 2. The zero-order valence-electron chi connectivity index (χ0n) is 17.5. The number of benzene rings is 2. The Labute approximate surface area is 190 Å². The molecule has 1 aliphatic rings. The Morgan fingerprint density at radius 2 is 1.81 bits per heavy atom. The lowest BCUT2D eigenvalue weighted by Gasteiger charge is -2.17. The molecule has 1 atom stereocenters. The number of hydrogen-bond donors (Lipinski definition) is 1. The summed E-state index contributed by atoms with van der Waals surface area (Å²) in [6.45, 7) is 1.89. The lowest BCUT2D eigenvalue weighted by atomic mass is 10.1. The van der Waals surface area contributed by atoms with E-state index in [1.54, 1.807) is 48.5 Å². The molecule has 2 aromatic rings. The van der Waals surface area contributed by atoms with Crippen molar-refractivity contribution in [1.82, 2.24) is 0 Å². The first-order chi connectivity index (χ1) is 15.4. The highest BCUT2D eigenvalue weighted by atomic mass is 35.5. The average molecular weight is 459 g/mol. The highest BCUT2D eigenvalue weighted by Crippen LogP contribution is 2.26. The molecule has 2 amide bonds. The van der Waals surface area contributed by atoms with Gasteiger partial charge >= 0.3 is 11.9 Å². The average Bonchev–Trinajstić information content (AvgIpc) is 3.19. The Morgan fingerprint density at radius 3 is 2.50 bits per heavy atom. The third kappa shape index (κ3) is 5.85. The highest BCUT2D eigenvalue weighted by molar-refractivity contribution is 6.33. The number of ether oxygens (including phenoxy) is 2. The minimum absolute atomic E-state index is 0.0226. The molecule has 0 spiro atoms. The number of amides is 2. The summed E-state index contributed by atoms with van der Waals surface area (Å²) < 4.78 is 10.2. The summed E-state index contributed by atoms with van der Waals surface area (Å²) in [5.74, 6) is -2.52.